The standard InChI is InChI=1S/C27H29Cl2N7O2/c1-35-23(37)6-7-27(35)8-10-36(11-9-27)22-5-2-16(13-32-22)25-18-12-17(3-4-21(18)33-34-25)38-26(30)24-19(28)14-31-15-20(24)29/h2-5,12-15,23,26,37H,6-11,30H2,1H3,(H,33,34)/t23?,26-/m0/s1. The van der Waals surface area contributed by atoms with Crippen molar-refractivity contribution in [3.63, 3.8) is 0 Å². The van der Waals surface area contributed by atoms with E-state index in [1.165, 1.54) is 12.4 Å². The van der Waals surface area contributed by atoms with Gasteiger partial charge < -0.3 is 14.7 Å². The highest BCUT2D eigenvalue weighted by Gasteiger charge is 2.45. The number of aromatic amines is 1. The number of nitrogens with zero attached hydrogens (tertiary/aromatic N) is 5. The van der Waals surface area contributed by atoms with Gasteiger partial charge in [-0.2, -0.15) is 5.10 Å². The quantitative estimate of drug-likeness (QED) is 0.303. The molecule has 2 fully saturated rings. The van der Waals surface area contributed by atoms with Gasteiger partial charge in [0.25, 0.3) is 0 Å². The van der Waals surface area contributed by atoms with Gasteiger partial charge in [-0.3, -0.25) is 20.7 Å². The van der Waals surface area contributed by atoms with Crippen LogP contribution in [0.2, 0.25) is 10.0 Å². The number of aromatic nitrogens is 4. The van der Waals surface area contributed by atoms with Crippen LogP contribution in [-0.4, -0.2) is 62.1 Å². The molecule has 2 saturated heterocycles. The van der Waals surface area contributed by atoms with Crippen LogP contribution < -0.4 is 15.4 Å². The number of benzene rings is 1. The maximum absolute atomic E-state index is 10.2. The average Bonchev–Trinajstić information content (AvgIpc) is 3.46. The Hall–Kier alpha value is -2.95. The molecule has 11 heteroatoms. The number of rotatable bonds is 5. The van der Waals surface area contributed by atoms with Crippen LogP contribution >= 0.6 is 23.2 Å². The Labute approximate surface area is 230 Å². The number of ether oxygens (including phenoxy) is 1. The summed E-state index contributed by atoms with van der Waals surface area (Å²) in [5.74, 6) is 1.51. The second-order valence-electron chi connectivity index (χ2n) is 10.1. The Kier molecular flexibility index (Phi) is 6.65. The maximum Gasteiger partial charge on any atom is 0.177 e. The molecule has 9 nitrogen and oxygen atoms in total. The highest BCUT2D eigenvalue weighted by atomic mass is 35.5. The summed E-state index contributed by atoms with van der Waals surface area (Å²) in [5, 5.41) is 19.4. The minimum Gasteiger partial charge on any atom is -0.471 e. The second-order valence-corrected chi connectivity index (χ2v) is 10.9. The van der Waals surface area contributed by atoms with E-state index in [9.17, 15) is 5.11 Å². The molecule has 2 aliphatic rings. The maximum atomic E-state index is 10.2. The third-order valence-corrected chi connectivity index (χ3v) is 8.68. The number of aliphatic hydroxyl groups excluding tert-OH is 1. The molecule has 4 aromatic rings. The number of piperidine rings is 1. The fraction of sp³-hybridized carbons (Fsp3) is 0.370. The van der Waals surface area contributed by atoms with E-state index in [1.807, 2.05) is 43.6 Å². The van der Waals surface area contributed by atoms with Crippen molar-refractivity contribution >= 4 is 39.9 Å². The Balaban J connectivity index is 1.19. The number of halogens is 2. The Morgan fingerprint density at radius 2 is 1.87 bits per heavy atom. The van der Waals surface area contributed by atoms with E-state index in [0.29, 0.717) is 21.4 Å². The number of pyridine rings is 2. The van der Waals surface area contributed by atoms with Crippen molar-refractivity contribution in [3.05, 3.63) is 64.5 Å². The molecular weight excluding hydrogens is 525 g/mol. The minimum absolute atomic E-state index is 0.111. The predicted molar refractivity (Wildman–Crippen MR) is 148 cm³/mol. The van der Waals surface area contributed by atoms with Crippen molar-refractivity contribution in [1.29, 1.82) is 0 Å². The highest BCUT2D eigenvalue weighted by molar-refractivity contribution is 6.35. The third kappa shape index (κ3) is 4.48. The lowest BCUT2D eigenvalue weighted by atomic mass is 9.85. The van der Waals surface area contributed by atoms with Crippen molar-refractivity contribution in [2.24, 2.45) is 5.73 Å². The summed E-state index contributed by atoms with van der Waals surface area (Å²) in [5.41, 5.74) is 9.40. The molecule has 0 bridgehead atoms. The predicted octanol–water partition coefficient (Wildman–Crippen LogP) is 4.75. The molecule has 4 N–H and O–H groups in total. The summed E-state index contributed by atoms with van der Waals surface area (Å²) in [4.78, 5) is 13.2. The number of fused-ring (bicyclic) bond motifs is 1. The lowest BCUT2D eigenvalue weighted by molar-refractivity contribution is -0.00782. The van der Waals surface area contributed by atoms with Gasteiger partial charge >= 0.3 is 0 Å². The van der Waals surface area contributed by atoms with E-state index < -0.39 is 6.23 Å². The van der Waals surface area contributed by atoms with Gasteiger partial charge in [-0.15, -0.1) is 0 Å². The smallest absolute Gasteiger partial charge is 0.177 e. The summed E-state index contributed by atoms with van der Waals surface area (Å²) < 4.78 is 5.98. The van der Waals surface area contributed by atoms with Gasteiger partial charge in [0.1, 0.15) is 23.5 Å². The number of aliphatic hydroxyl groups is 1. The van der Waals surface area contributed by atoms with Crippen LogP contribution in [0.1, 0.15) is 37.5 Å². The Morgan fingerprint density at radius 3 is 2.53 bits per heavy atom. The van der Waals surface area contributed by atoms with Crippen LogP contribution in [0.15, 0.2) is 48.9 Å². The molecule has 0 amide bonds. The third-order valence-electron chi connectivity index (χ3n) is 8.07. The summed E-state index contributed by atoms with van der Waals surface area (Å²) in [7, 11) is 2.04. The molecule has 0 radical (unpaired) electrons. The highest BCUT2D eigenvalue weighted by Crippen LogP contribution is 2.40. The summed E-state index contributed by atoms with van der Waals surface area (Å²) in [6.45, 7) is 1.84. The number of nitrogens with one attached hydrogen (secondary N) is 1. The van der Waals surface area contributed by atoms with Crippen molar-refractivity contribution < 1.29 is 9.84 Å². The largest absolute Gasteiger partial charge is 0.471 e. The summed E-state index contributed by atoms with van der Waals surface area (Å²) in [6.07, 6.45) is 7.60. The lowest BCUT2D eigenvalue weighted by Crippen LogP contribution is -2.52. The Morgan fingerprint density at radius 1 is 1.11 bits per heavy atom. The van der Waals surface area contributed by atoms with Crippen LogP contribution in [0.5, 0.6) is 5.75 Å². The summed E-state index contributed by atoms with van der Waals surface area (Å²) >= 11 is 12.5. The number of hydrogen-bond acceptors (Lipinski definition) is 8. The molecule has 0 saturated carbocycles. The fourth-order valence-electron chi connectivity index (χ4n) is 5.74. The minimum atomic E-state index is -0.859. The molecule has 198 valence electrons. The van der Waals surface area contributed by atoms with Crippen molar-refractivity contribution in [2.45, 2.75) is 43.7 Å². The topological polar surface area (TPSA) is 116 Å². The Bertz CT molecular complexity index is 1430. The number of nitrogens with two attached hydrogens (primary N) is 1. The van der Waals surface area contributed by atoms with Gasteiger partial charge in [0.05, 0.1) is 15.6 Å². The van der Waals surface area contributed by atoms with E-state index >= 15 is 0 Å². The molecule has 2 aliphatic heterocycles. The molecule has 3 aromatic heterocycles. The normalized spacial score (nSPS) is 20.3. The van der Waals surface area contributed by atoms with Gasteiger partial charge in [-0.25, -0.2) is 4.98 Å². The number of likely N-dealkylation sites (tertiary alicyclic amines) is 1. The van der Waals surface area contributed by atoms with E-state index in [0.717, 1.165) is 66.8 Å². The zero-order valence-electron chi connectivity index (χ0n) is 20.9. The number of H-pyrrole nitrogens is 1. The average molecular weight is 554 g/mol. The van der Waals surface area contributed by atoms with Crippen LogP contribution in [-0.2, 0) is 0 Å². The first-order valence-corrected chi connectivity index (χ1v) is 13.4. The number of hydrogen-bond donors (Lipinski definition) is 3. The molecule has 38 heavy (non-hydrogen) atoms. The van der Waals surface area contributed by atoms with Crippen LogP contribution in [0.25, 0.3) is 22.2 Å². The summed E-state index contributed by atoms with van der Waals surface area (Å²) in [6, 6.07) is 9.69. The zero-order chi connectivity index (χ0) is 26.4. The van der Waals surface area contributed by atoms with Gasteiger partial charge in [-0.05, 0) is 63.1 Å². The van der Waals surface area contributed by atoms with Gasteiger partial charge in [0.2, 0.25) is 0 Å². The molecular formula is C27H29Cl2N7O2. The molecule has 1 spiro atoms. The monoisotopic (exact) mass is 553 g/mol. The van der Waals surface area contributed by atoms with Gasteiger partial charge in [0, 0.05) is 53.7 Å². The number of anilines is 1. The van der Waals surface area contributed by atoms with Crippen LogP contribution in [0.4, 0.5) is 5.82 Å². The molecule has 1 unspecified atom stereocenters. The van der Waals surface area contributed by atoms with Gasteiger partial charge in [0.15, 0.2) is 6.23 Å². The van der Waals surface area contributed by atoms with E-state index in [1.54, 1.807) is 0 Å². The van der Waals surface area contributed by atoms with Crippen molar-refractivity contribution in [1.82, 2.24) is 25.1 Å². The van der Waals surface area contributed by atoms with Crippen LogP contribution in [0, 0.1) is 0 Å². The zero-order valence-corrected chi connectivity index (χ0v) is 22.5. The van der Waals surface area contributed by atoms with E-state index in [-0.39, 0.29) is 11.8 Å². The van der Waals surface area contributed by atoms with E-state index in [2.05, 4.69) is 25.0 Å². The van der Waals surface area contributed by atoms with Gasteiger partial charge in [-0.1, -0.05) is 23.2 Å². The fourth-order valence-corrected chi connectivity index (χ4v) is 6.32. The first kappa shape index (κ1) is 25.3. The van der Waals surface area contributed by atoms with Crippen molar-refractivity contribution in [3.8, 4) is 17.0 Å². The van der Waals surface area contributed by atoms with E-state index in [4.69, 9.17) is 38.7 Å². The first-order valence-electron chi connectivity index (χ1n) is 12.7. The second kappa shape index (κ2) is 9.98. The molecule has 6 rings (SSSR count). The molecule has 0 aliphatic carbocycles. The molecule has 2 atom stereocenters. The SMILES string of the molecule is CN1C(O)CCC12CCN(c1ccc(-c3n[nH]c4ccc(O[C@H](N)c5c(Cl)cncc5Cl)cc34)cn1)CC2. The first-order chi connectivity index (χ1) is 18.3. The molecule has 5 heterocycles. The lowest BCUT2D eigenvalue weighted by Gasteiger charge is -2.44. The van der Waals surface area contributed by atoms with Crippen molar-refractivity contribution in [2.75, 3.05) is 25.0 Å². The molecule has 1 aromatic carbocycles. The van der Waals surface area contributed by atoms with Crippen LogP contribution in [0.3, 0.4) is 0 Å².